The topological polar surface area (TPSA) is 58.1 Å². The Morgan fingerprint density at radius 1 is 1.11 bits per heavy atom. The fraction of sp³-hybridized carbons (Fsp3) is 0.150. The average molecular weight is 368 g/mol. The van der Waals surface area contributed by atoms with Gasteiger partial charge < -0.3 is 10.2 Å². The standard InChI is InChI=1S/C20H18F2N4O/c1-3-26(15-6-4-5-13(2)9-15)19-11-18(23-12-24-19)20(27)25-17-8-7-14(21)10-16(17)22/h4-12H,3H2,1-2H3,(H,25,27). The van der Waals surface area contributed by atoms with Gasteiger partial charge in [0, 0.05) is 24.4 Å². The van der Waals surface area contributed by atoms with Crippen LogP contribution in [0.15, 0.2) is 54.9 Å². The Balaban J connectivity index is 1.86. The Morgan fingerprint density at radius 2 is 1.93 bits per heavy atom. The van der Waals surface area contributed by atoms with Crippen LogP contribution in [0.3, 0.4) is 0 Å². The molecule has 7 heteroatoms. The van der Waals surface area contributed by atoms with E-state index in [1.807, 2.05) is 43.0 Å². The summed E-state index contributed by atoms with van der Waals surface area (Å²) in [4.78, 5) is 22.6. The van der Waals surface area contributed by atoms with Crippen molar-refractivity contribution in [3.63, 3.8) is 0 Å². The van der Waals surface area contributed by atoms with E-state index in [2.05, 4.69) is 15.3 Å². The van der Waals surface area contributed by atoms with Crippen molar-refractivity contribution in [3.05, 3.63) is 77.8 Å². The van der Waals surface area contributed by atoms with Gasteiger partial charge in [-0.1, -0.05) is 12.1 Å². The zero-order valence-corrected chi connectivity index (χ0v) is 14.9. The van der Waals surface area contributed by atoms with E-state index in [0.717, 1.165) is 23.4 Å². The second-order valence-corrected chi connectivity index (χ2v) is 5.92. The molecule has 0 aliphatic heterocycles. The molecule has 2 aromatic carbocycles. The molecule has 0 aliphatic rings. The van der Waals surface area contributed by atoms with Crippen molar-refractivity contribution in [3.8, 4) is 0 Å². The third kappa shape index (κ3) is 4.25. The Morgan fingerprint density at radius 3 is 2.63 bits per heavy atom. The minimum atomic E-state index is -0.854. The summed E-state index contributed by atoms with van der Waals surface area (Å²) in [5, 5.41) is 2.40. The average Bonchev–Trinajstić information content (AvgIpc) is 2.65. The van der Waals surface area contributed by atoms with Gasteiger partial charge in [0.05, 0.1) is 5.69 Å². The van der Waals surface area contributed by atoms with Gasteiger partial charge in [-0.3, -0.25) is 4.79 Å². The van der Waals surface area contributed by atoms with Crippen LogP contribution in [0.25, 0.3) is 0 Å². The second-order valence-electron chi connectivity index (χ2n) is 5.92. The molecule has 0 fully saturated rings. The van der Waals surface area contributed by atoms with Crippen molar-refractivity contribution >= 4 is 23.1 Å². The van der Waals surface area contributed by atoms with E-state index >= 15 is 0 Å². The number of nitrogens with one attached hydrogen (secondary N) is 1. The lowest BCUT2D eigenvalue weighted by atomic mass is 10.2. The molecule has 0 radical (unpaired) electrons. The third-order valence-corrected chi connectivity index (χ3v) is 3.97. The molecule has 0 bridgehead atoms. The number of hydrogen-bond acceptors (Lipinski definition) is 4. The fourth-order valence-corrected chi connectivity index (χ4v) is 2.67. The smallest absolute Gasteiger partial charge is 0.274 e. The molecule has 138 valence electrons. The highest BCUT2D eigenvalue weighted by Crippen LogP contribution is 2.24. The number of amides is 1. The van der Waals surface area contributed by atoms with Crippen LogP contribution < -0.4 is 10.2 Å². The number of rotatable bonds is 5. The van der Waals surface area contributed by atoms with Gasteiger partial charge in [-0.15, -0.1) is 0 Å². The molecule has 3 aromatic rings. The van der Waals surface area contributed by atoms with Crippen LogP contribution in [0, 0.1) is 18.6 Å². The quantitative estimate of drug-likeness (QED) is 0.722. The number of benzene rings is 2. The summed E-state index contributed by atoms with van der Waals surface area (Å²) in [5.74, 6) is -1.63. The van der Waals surface area contributed by atoms with Gasteiger partial charge in [0.25, 0.3) is 5.91 Å². The van der Waals surface area contributed by atoms with Crippen molar-refractivity contribution in [1.29, 1.82) is 0 Å². The van der Waals surface area contributed by atoms with E-state index in [9.17, 15) is 13.6 Å². The molecule has 1 amide bonds. The van der Waals surface area contributed by atoms with Crippen molar-refractivity contribution in [2.24, 2.45) is 0 Å². The van der Waals surface area contributed by atoms with Gasteiger partial charge in [-0.25, -0.2) is 18.7 Å². The lowest BCUT2D eigenvalue weighted by Crippen LogP contribution is -2.20. The zero-order valence-electron chi connectivity index (χ0n) is 14.9. The molecule has 1 N–H and O–H groups in total. The Labute approximate surface area is 155 Å². The van der Waals surface area contributed by atoms with Crippen LogP contribution in [-0.2, 0) is 0 Å². The predicted molar refractivity (Wildman–Crippen MR) is 100 cm³/mol. The summed E-state index contributed by atoms with van der Waals surface area (Å²) < 4.78 is 26.8. The number of anilines is 3. The number of aryl methyl sites for hydroxylation is 1. The first-order chi connectivity index (χ1) is 13.0. The maximum Gasteiger partial charge on any atom is 0.274 e. The molecule has 3 rings (SSSR count). The van der Waals surface area contributed by atoms with Crippen molar-refractivity contribution in [1.82, 2.24) is 9.97 Å². The molecular weight excluding hydrogens is 350 g/mol. The van der Waals surface area contributed by atoms with E-state index in [0.29, 0.717) is 18.4 Å². The number of carbonyl (C=O) groups is 1. The highest BCUT2D eigenvalue weighted by molar-refractivity contribution is 6.03. The zero-order chi connectivity index (χ0) is 19.4. The third-order valence-electron chi connectivity index (χ3n) is 3.97. The molecule has 27 heavy (non-hydrogen) atoms. The fourth-order valence-electron chi connectivity index (χ4n) is 2.67. The SMILES string of the molecule is CCN(c1cccc(C)c1)c1cc(C(=O)Nc2ccc(F)cc2F)ncn1. The number of halogens is 2. The van der Waals surface area contributed by atoms with Gasteiger partial charge in [-0.2, -0.15) is 0 Å². The number of nitrogens with zero attached hydrogens (tertiary/aromatic N) is 3. The van der Waals surface area contributed by atoms with Crippen molar-refractivity contribution < 1.29 is 13.6 Å². The largest absolute Gasteiger partial charge is 0.327 e. The van der Waals surface area contributed by atoms with Crippen molar-refractivity contribution in [2.45, 2.75) is 13.8 Å². The van der Waals surface area contributed by atoms with Crippen LogP contribution >= 0.6 is 0 Å². The van der Waals surface area contributed by atoms with E-state index in [1.165, 1.54) is 12.4 Å². The Kier molecular flexibility index (Phi) is 5.40. The maximum absolute atomic E-state index is 13.8. The van der Waals surface area contributed by atoms with Crippen LogP contribution in [0.1, 0.15) is 23.0 Å². The van der Waals surface area contributed by atoms with Gasteiger partial charge in [0.2, 0.25) is 0 Å². The molecule has 0 atom stereocenters. The Bertz CT molecular complexity index is 978. The summed E-state index contributed by atoms with van der Waals surface area (Å²) in [6.45, 7) is 4.60. The summed E-state index contributed by atoms with van der Waals surface area (Å²) in [7, 11) is 0. The molecule has 0 spiro atoms. The van der Waals surface area contributed by atoms with Crippen LogP contribution in [0.2, 0.25) is 0 Å². The van der Waals surface area contributed by atoms with E-state index in [4.69, 9.17) is 0 Å². The summed E-state index contributed by atoms with van der Waals surface area (Å²) in [6.07, 6.45) is 1.28. The molecule has 1 heterocycles. The monoisotopic (exact) mass is 368 g/mol. The summed E-state index contributed by atoms with van der Waals surface area (Å²) in [6, 6.07) is 12.4. The molecule has 0 aliphatic carbocycles. The molecular formula is C20H18F2N4O. The van der Waals surface area contributed by atoms with Gasteiger partial charge in [0.1, 0.15) is 29.5 Å². The van der Waals surface area contributed by atoms with Gasteiger partial charge >= 0.3 is 0 Å². The lowest BCUT2D eigenvalue weighted by Gasteiger charge is -2.22. The van der Waals surface area contributed by atoms with Gasteiger partial charge in [0.15, 0.2) is 0 Å². The highest BCUT2D eigenvalue weighted by atomic mass is 19.1. The normalized spacial score (nSPS) is 10.5. The first kappa shape index (κ1) is 18.4. The molecule has 0 saturated carbocycles. The van der Waals surface area contributed by atoms with E-state index in [1.54, 1.807) is 0 Å². The molecule has 5 nitrogen and oxygen atoms in total. The molecule has 0 unspecified atom stereocenters. The second kappa shape index (κ2) is 7.90. The minimum Gasteiger partial charge on any atom is -0.327 e. The number of carbonyl (C=O) groups excluding carboxylic acids is 1. The van der Waals surface area contributed by atoms with E-state index < -0.39 is 17.5 Å². The van der Waals surface area contributed by atoms with E-state index in [-0.39, 0.29) is 11.4 Å². The van der Waals surface area contributed by atoms with Gasteiger partial charge in [-0.05, 0) is 43.7 Å². The van der Waals surface area contributed by atoms with Crippen LogP contribution in [0.5, 0.6) is 0 Å². The minimum absolute atomic E-state index is 0.0785. The maximum atomic E-state index is 13.8. The number of hydrogen-bond donors (Lipinski definition) is 1. The first-order valence-electron chi connectivity index (χ1n) is 8.40. The predicted octanol–water partition coefficient (Wildman–Crippen LogP) is 4.47. The highest BCUT2D eigenvalue weighted by Gasteiger charge is 2.15. The first-order valence-corrected chi connectivity index (χ1v) is 8.40. The van der Waals surface area contributed by atoms with Crippen molar-refractivity contribution in [2.75, 3.05) is 16.8 Å². The molecule has 0 saturated heterocycles. The molecule has 1 aromatic heterocycles. The Hall–Kier alpha value is -3.35. The number of aromatic nitrogens is 2. The summed E-state index contributed by atoms with van der Waals surface area (Å²) in [5.41, 5.74) is 2.00. The lowest BCUT2D eigenvalue weighted by molar-refractivity contribution is 0.102. The summed E-state index contributed by atoms with van der Waals surface area (Å²) >= 11 is 0. The van der Waals surface area contributed by atoms with Crippen LogP contribution in [-0.4, -0.2) is 22.4 Å². The van der Waals surface area contributed by atoms with Crippen LogP contribution in [0.4, 0.5) is 26.0 Å².